The van der Waals surface area contributed by atoms with Crippen LogP contribution in [-0.4, -0.2) is 37.7 Å². The van der Waals surface area contributed by atoms with E-state index in [-0.39, 0.29) is 12.1 Å². The van der Waals surface area contributed by atoms with Gasteiger partial charge < -0.3 is 14.7 Å². The van der Waals surface area contributed by atoms with Crippen molar-refractivity contribution in [2.24, 2.45) is 0 Å². The summed E-state index contributed by atoms with van der Waals surface area (Å²) in [5.41, 5.74) is 4.58. The predicted octanol–water partition coefficient (Wildman–Crippen LogP) is 2.56. The first-order chi connectivity index (χ1) is 12.1. The topological polar surface area (TPSA) is 88.6 Å². The van der Waals surface area contributed by atoms with Gasteiger partial charge in [0.15, 0.2) is 0 Å². The highest BCUT2D eigenvalue weighted by atomic mass is 32.1. The van der Waals surface area contributed by atoms with Gasteiger partial charge >= 0.3 is 6.03 Å². The van der Waals surface area contributed by atoms with Crippen molar-refractivity contribution in [1.82, 2.24) is 30.0 Å². The number of nitrogens with one attached hydrogen (secondary N) is 1. The standard InChI is InChI=1S/C16H20N6O2S/c1-10(12-8-22-16(19-12)25-9-17-22)18-15(23)21(2)7-13-11-5-3-4-6-14(11)24-20-13/h8-10H,3-7H2,1-2H3,(H,18,23)/t10-/m0/s1. The minimum Gasteiger partial charge on any atom is -0.361 e. The number of aromatic nitrogens is 4. The number of urea groups is 1. The lowest BCUT2D eigenvalue weighted by Gasteiger charge is -2.20. The van der Waals surface area contributed by atoms with Crippen molar-refractivity contribution < 1.29 is 9.32 Å². The van der Waals surface area contributed by atoms with Gasteiger partial charge in [-0.05, 0) is 26.2 Å². The summed E-state index contributed by atoms with van der Waals surface area (Å²) in [6.07, 6.45) is 6.07. The first-order valence-corrected chi connectivity index (χ1v) is 9.26. The zero-order valence-corrected chi connectivity index (χ0v) is 15.0. The van der Waals surface area contributed by atoms with Crippen LogP contribution >= 0.6 is 11.3 Å². The van der Waals surface area contributed by atoms with Crippen LogP contribution in [0, 0.1) is 0 Å². The second-order valence-corrected chi connectivity index (χ2v) is 7.21. The van der Waals surface area contributed by atoms with Crippen molar-refractivity contribution in [2.75, 3.05) is 7.05 Å². The van der Waals surface area contributed by atoms with Gasteiger partial charge in [0.1, 0.15) is 17.0 Å². The van der Waals surface area contributed by atoms with Crippen molar-refractivity contribution in [3.63, 3.8) is 0 Å². The van der Waals surface area contributed by atoms with Gasteiger partial charge in [0.05, 0.1) is 24.5 Å². The van der Waals surface area contributed by atoms with Crippen molar-refractivity contribution in [2.45, 2.75) is 45.2 Å². The molecule has 3 aromatic heterocycles. The maximum atomic E-state index is 12.5. The molecule has 0 aromatic carbocycles. The van der Waals surface area contributed by atoms with Gasteiger partial charge in [-0.25, -0.2) is 14.3 Å². The molecule has 1 aliphatic rings. The summed E-state index contributed by atoms with van der Waals surface area (Å²) in [6, 6.07) is -0.362. The summed E-state index contributed by atoms with van der Waals surface area (Å²) in [4.78, 5) is 19.4. The Bertz CT molecular complexity index is 869. The second-order valence-electron chi connectivity index (χ2n) is 6.40. The van der Waals surface area contributed by atoms with Gasteiger partial charge in [-0.15, -0.1) is 0 Å². The molecule has 8 nitrogen and oxygen atoms in total. The molecule has 4 rings (SSSR count). The molecule has 0 saturated heterocycles. The van der Waals surface area contributed by atoms with Crippen LogP contribution in [0.15, 0.2) is 16.2 Å². The van der Waals surface area contributed by atoms with Crippen molar-refractivity contribution in [3.05, 3.63) is 34.4 Å². The fourth-order valence-electron chi connectivity index (χ4n) is 3.10. The number of aryl methyl sites for hydroxylation is 1. The minimum atomic E-state index is -0.199. The molecule has 0 spiro atoms. The molecule has 0 radical (unpaired) electrons. The molecule has 0 fully saturated rings. The molecule has 3 aromatic rings. The number of imidazole rings is 1. The van der Waals surface area contributed by atoms with E-state index in [0.717, 1.165) is 47.8 Å². The van der Waals surface area contributed by atoms with Crippen molar-refractivity contribution in [3.8, 4) is 0 Å². The molecule has 2 amide bonds. The molecule has 1 N–H and O–H groups in total. The van der Waals surface area contributed by atoms with Crippen LogP contribution in [0.5, 0.6) is 0 Å². The summed E-state index contributed by atoms with van der Waals surface area (Å²) in [5.74, 6) is 0.981. The molecule has 1 aliphatic carbocycles. The van der Waals surface area contributed by atoms with E-state index in [9.17, 15) is 4.79 Å². The number of fused-ring (bicyclic) bond motifs is 2. The lowest BCUT2D eigenvalue weighted by Crippen LogP contribution is -2.38. The quantitative estimate of drug-likeness (QED) is 0.772. The van der Waals surface area contributed by atoms with E-state index in [0.29, 0.717) is 6.54 Å². The fourth-order valence-corrected chi connectivity index (χ4v) is 3.71. The third-order valence-corrected chi connectivity index (χ3v) is 5.24. The Kier molecular flexibility index (Phi) is 4.16. The summed E-state index contributed by atoms with van der Waals surface area (Å²) in [6.45, 7) is 2.35. The minimum absolute atomic E-state index is 0.163. The van der Waals surface area contributed by atoms with Gasteiger partial charge in [0.2, 0.25) is 4.96 Å². The van der Waals surface area contributed by atoms with Crippen molar-refractivity contribution in [1.29, 1.82) is 0 Å². The van der Waals surface area contributed by atoms with Crippen LogP contribution in [0.1, 0.15) is 48.5 Å². The van der Waals surface area contributed by atoms with E-state index in [1.807, 2.05) is 13.1 Å². The van der Waals surface area contributed by atoms with E-state index in [4.69, 9.17) is 4.52 Å². The van der Waals surface area contributed by atoms with Crippen LogP contribution in [0.4, 0.5) is 4.79 Å². The maximum absolute atomic E-state index is 12.5. The largest absolute Gasteiger partial charge is 0.361 e. The first kappa shape index (κ1) is 16.1. The summed E-state index contributed by atoms with van der Waals surface area (Å²) in [5, 5.41) is 11.3. The zero-order chi connectivity index (χ0) is 17.4. The van der Waals surface area contributed by atoms with Crippen LogP contribution in [0.3, 0.4) is 0 Å². The molecule has 9 heteroatoms. The molecule has 25 heavy (non-hydrogen) atoms. The van der Waals surface area contributed by atoms with Gasteiger partial charge in [-0.1, -0.05) is 16.5 Å². The van der Waals surface area contributed by atoms with Crippen LogP contribution < -0.4 is 5.32 Å². The monoisotopic (exact) mass is 360 g/mol. The highest BCUT2D eigenvalue weighted by Gasteiger charge is 2.22. The van der Waals surface area contributed by atoms with Crippen LogP contribution in [0.25, 0.3) is 4.96 Å². The Morgan fingerprint density at radius 2 is 2.32 bits per heavy atom. The van der Waals surface area contributed by atoms with Crippen molar-refractivity contribution >= 4 is 22.3 Å². The Morgan fingerprint density at radius 3 is 3.16 bits per heavy atom. The fraction of sp³-hybridized carbons (Fsp3) is 0.500. The molecule has 1 atom stereocenters. The Hall–Kier alpha value is -2.42. The molecule has 0 aliphatic heterocycles. The van der Waals surface area contributed by atoms with Gasteiger partial charge in [0, 0.05) is 19.0 Å². The third-order valence-electron chi connectivity index (χ3n) is 4.55. The number of hydrogen-bond donors (Lipinski definition) is 1. The predicted molar refractivity (Wildman–Crippen MR) is 92.4 cm³/mol. The lowest BCUT2D eigenvalue weighted by atomic mass is 9.96. The second kappa shape index (κ2) is 6.47. The Balaban J connectivity index is 1.40. The van der Waals surface area contributed by atoms with Crippen LogP contribution in [0.2, 0.25) is 0 Å². The average Bonchev–Trinajstić information content (AvgIpc) is 3.29. The first-order valence-electron chi connectivity index (χ1n) is 8.38. The Labute approximate surface area is 148 Å². The van der Waals surface area contributed by atoms with E-state index in [2.05, 4.69) is 20.6 Å². The highest BCUT2D eigenvalue weighted by molar-refractivity contribution is 7.14. The smallest absolute Gasteiger partial charge is 0.318 e. The normalized spacial score (nSPS) is 15.1. The number of amides is 2. The number of rotatable bonds is 4. The molecule has 0 unspecified atom stereocenters. The maximum Gasteiger partial charge on any atom is 0.318 e. The van der Waals surface area contributed by atoms with E-state index >= 15 is 0 Å². The number of carbonyl (C=O) groups is 1. The molecule has 0 saturated carbocycles. The lowest BCUT2D eigenvalue weighted by molar-refractivity contribution is 0.202. The average molecular weight is 360 g/mol. The molecule has 3 heterocycles. The molecule has 132 valence electrons. The summed E-state index contributed by atoms with van der Waals surface area (Å²) < 4.78 is 7.13. The summed E-state index contributed by atoms with van der Waals surface area (Å²) >= 11 is 1.47. The van der Waals surface area contributed by atoms with E-state index in [1.54, 1.807) is 22.0 Å². The zero-order valence-electron chi connectivity index (χ0n) is 14.2. The number of hydrogen-bond acceptors (Lipinski definition) is 6. The van der Waals surface area contributed by atoms with Gasteiger partial charge in [-0.3, -0.25) is 0 Å². The van der Waals surface area contributed by atoms with Gasteiger partial charge in [0.25, 0.3) is 0 Å². The van der Waals surface area contributed by atoms with E-state index < -0.39 is 0 Å². The van der Waals surface area contributed by atoms with Crippen LogP contribution in [-0.2, 0) is 19.4 Å². The summed E-state index contributed by atoms with van der Waals surface area (Å²) in [7, 11) is 1.76. The third kappa shape index (κ3) is 3.11. The number of nitrogens with zero attached hydrogens (tertiary/aromatic N) is 5. The number of carbonyl (C=O) groups excluding carboxylic acids is 1. The van der Waals surface area contributed by atoms with E-state index in [1.165, 1.54) is 16.9 Å². The SMILES string of the molecule is C[C@H](NC(=O)N(C)Cc1noc2c1CCCC2)c1cn2ncsc2n1. The molecular weight excluding hydrogens is 340 g/mol. The van der Waals surface area contributed by atoms with Gasteiger partial charge in [-0.2, -0.15) is 5.10 Å². The Morgan fingerprint density at radius 1 is 1.48 bits per heavy atom. The molecular formula is C16H20N6O2S. The molecule has 0 bridgehead atoms. The highest BCUT2D eigenvalue weighted by Crippen LogP contribution is 2.25.